The van der Waals surface area contributed by atoms with Gasteiger partial charge in [0.2, 0.25) is 0 Å². The van der Waals surface area contributed by atoms with Crippen LogP contribution in [0.5, 0.6) is 11.5 Å². The van der Waals surface area contributed by atoms with Gasteiger partial charge >= 0.3 is 0 Å². The fourth-order valence-corrected chi connectivity index (χ4v) is 1.86. The first-order chi connectivity index (χ1) is 9.19. The van der Waals surface area contributed by atoms with Crippen LogP contribution in [-0.4, -0.2) is 30.7 Å². The molecule has 1 unspecified atom stereocenters. The molecule has 1 aromatic heterocycles. The number of rotatable bonds is 5. The van der Waals surface area contributed by atoms with Gasteiger partial charge in [-0.05, 0) is 12.1 Å². The van der Waals surface area contributed by atoms with Gasteiger partial charge in [0, 0.05) is 24.1 Å². The summed E-state index contributed by atoms with van der Waals surface area (Å²) in [6.45, 7) is 2.60. The largest absolute Gasteiger partial charge is 0.497 e. The van der Waals surface area contributed by atoms with Crippen LogP contribution in [0.1, 0.15) is 18.7 Å². The van der Waals surface area contributed by atoms with Crippen molar-refractivity contribution in [1.82, 2.24) is 9.97 Å². The fraction of sp³-hybridized carbons (Fsp3) is 0.357. The number of ether oxygens (including phenoxy) is 2. The summed E-state index contributed by atoms with van der Waals surface area (Å²) in [4.78, 5) is 7.64. The van der Waals surface area contributed by atoms with Crippen LogP contribution in [0.3, 0.4) is 0 Å². The topological polar surface area (TPSA) is 73.2 Å². The second-order valence-corrected chi connectivity index (χ2v) is 4.39. The molecule has 2 aromatic rings. The van der Waals surface area contributed by atoms with Gasteiger partial charge in [0.1, 0.15) is 17.3 Å². The molecule has 2 rings (SSSR count). The van der Waals surface area contributed by atoms with Gasteiger partial charge in [-0.25, -0.2) is 4.98 Å². The molecule has 0 aliphatic carbocycles. The Bertz CT molecular complexity index is 551. The zero-order chi connectivity index (χ0) is 13.8. The van der Waals surface area contributed by atoms with Crippen LogP contribution in [0.2, 0.25) is 0 Å². The molecule has 5 heteroatoms. The smallest absolute Gasteiger partial charge is 0.131 e. The van der Waals surface area contributed by atoms with E-state index in [2.05, 4.69) is 9.97 Å². The van der Waals surface area contributed by atoms with Crippen LogP contribution >= 0.6 is 0 Å². The van der Waals surface area contributed by atoms with Crippen molar-refractivity contribution in [3.63, 3.8) is 0 Å². The Morgan fingerprint density at radius 1 is 1.32 bits per heavy atom. The lowest BCUT2D eigenvalue weighted by atomic mass is 10.1. The number of imidazole rings is 1. The Morgan fingerprint density at radius 2 is 2.11 bits per heavy atom. The van der Waals surface area contributed by atoms with Crippen LogP contribution in [0.4, 0.5) is 0 Å². The van der Waals surface area contributed by atoms with E-state index in [1.165, 1.54) is 0 Å². The highest BCUT2D eigenvalue weighted by Crippen LogP contribution is 2.32. The van der Waals surface area contributed by atoms with Crippen LogP contribution in [0.15, 0.2) is 24.4 Å². The highest BCUT2D eigenvalue weighted by Gasteiger charge is 2.12. The van der Waals surface area contributed by atoms with Gasteiger partial charge in [-0.2, -0.15) is 0 Å². The molecule has 0 saturated heterocycles. The third-order valence-corrected chi connectivity index (χ3v) is 3.11. The van der Waals surface area contributed by atoms with E-state index in [0.717, 1.165) is 28.6 Å². The zero-order valence-electron chi connectivity index (χ0n) is 11.4. The molecular formula is C14H19N3O2. The molecule has 0 fully saturated rings. The zero-order valence-corrected chi connectivity index (χ0v) is 11.4. The average Bonchev–Trinajstić information content (AvgIpc) is 2.95. The first kappa shape index (κ1) is 13.4. The summed E-state index contributed by atoms with van der Waals surface area (Å²) in [6.07, 6.45) is 1.80. The van der Waals surface area contributed by atoms with Crippen LogP contribution in [0.25, 0.3) is 11.3 Å². The normalized spacial score (nSPS) is 12.2. The van der Waals surface area contributed by atoms with Crippen molar-refractivity contribution >= 4 is 0 Å². The van der Waals surface area contributed by atoms with Crippen LogP contribution < -0.4 is 15.2 Å². The highest BCUT2D eigenvalue weighted by molar-refractivity contribution is 5.68. The van der Waals surface area contributed by atoms with E-state index in [0.29, 0.717) is 6.54 Å². The molecule has 19 heavy (non-hydrogen) atoms. The Hall–Kier alpha value is -2.01. The molecule has 0 amide bonds. The van der Waals surface area contributed by atoms with Gasteiger partial charge in [-0.1, -0.05) is 6.92 Å². The lowest BCUT2D eigenvalue weighted by molar-refractivity contribution is 0.395. The molecule has 1 atom stereocenters. The van der Waals surface area contributed by atoms with E-state index < -0.39 is 0 Å². The van der Waals surface area contributed by atoms with E-state index in [9.17, 15) is 0 Å². The Morgan fingerprint density at radius 3 is 2.74 bits per heavy atom. The van der Waals surface area contributed by atoms with Crippen molar-refractivity contribution in [1.29, 1.82) is 0 Å². The third-order valence-electron chi connectivity index (χ3n) is 3.11. The van der Waals surface area contributed by atoms with Crippen molar-refractivity contribution in [3.8, 4) is 22.8 Å². The van der Waals surface area contributed by atoms with Crippen molar-refractivity contribution in [3.05, 3.63) is 30.2 Å². The van der Waals surface area contributed by atoms with Crippen molar-refractivity contribution < 1.29 is 9.47 Å². The predicted octanol–water partition coefficient (Wildman–Crippen LogP) is 2.16. The van der Waals surface area contributed by atoms with Gasteiger partial charge in [-0.3, -0.25) is 0 Å². The molecule has 1 aromatic carbocycles. The fourth-order valence-electron chi connectivity index (χ4n) is 1.86. The van der Waals surface area contributed by atoms with E-state index in [4.69, 9.17) is 15.2 Å². The van der Waals surface area contributed by atoms with Gasteiger partial charge in [0.05, 0.1) is 26.1 Å². The summed E-state index contributed by atoms with van der Waals surface area (Å²) in [7, 11) is 3.27. The van der Waals surface area contributed by atoms with E-state index in [1.54, 1.807) is 20.4 Å². The van der Waals surface area contributed by atoms with Crippen molar-refractivity contribution in [2.45, 2.75) is 12.8 Å². The number of methoxy groups -OCH3 is 2. The number of hydrogen-bond donors (Lipinski definition) is 2. The maximum absolute atomic E-state index is 5.64. The quantitative estimate of drug-likeness (QED) is 0.865. The lowest BCUT2D eigenvalue weighted by Crippen LogP contribution is -2.10. The number of aromatic amines is 1. The van der Waals surface area contributed by atoms with E-state index >= 15 is 0 Å². The molecule has 0 saturated carbocycles. The van der Waals surface area contributed by atoms with Crippen molar-refractivity contribution in [2.75, 3.05) is 20.8 Å². The predicted molar refractivity (Wildman–Crippen MR) is 74.6 cm³/mol. The van der Waals surface area contributed by atoms with E-state index in [-0.39, 0.29) is 5.92 Å². The second kappa shape index (κ2) is 5.75. The number of nitrogens with one attached hydrogen (secondary N) is 1. The van der Waals surface area contributed by atoms with Gasteiger partial charge < -0.3 is 20.2 Å². The lowest BCUT2D eigenvalue weighted by Gasteiger charge is -2.09. The monoisotopic (exact) mass is 261 g/mol. The summed E-state index contributed by atoms with van der Waals surface area (Å²) in [5.74, 6) is 2.60. The Kier molecular flexibility index (Phi) is 4.06. The number of benzene rings is 1. The number of nitrogens with two attached hydrogens (primary N) is 1. The van der Waals surface area contributed by atoms with E-state index in [1.807, 2.05) is 25.1 Å². The molecule has 0 radical (unpaired) electrons. The standard InChI is InChI=1S/C14H19N3O2/c1-9(7-15)14-16-8-12(17-14)11-5-4-10(18-2)6-13(11)19-3/h4-6,8-9H,7,15H2,1-3H3,(H,16,17). The maximum Gasteiger partial charge on any atom is 0.131 e. The van der Waals surface area contributed by atoms with Gasteiger partial charge in [0.15, 0.2) is 0 Å². The highest BCUT2D eigenvalue weighted by atomic mass is 16.5. The molecule has 0 aliphatic heterocycles. The number of nitrogens with zero attached hydrogens (tertiary/aromatic N) is 1. The van der Waals surface area contributed by atoms with Gasteiger partial charge in [-0.15, -0.1) is 0 Å². The van der Waals surface area contributed by atoms with Crippen molar-refractivity contribution in [2.24, 2.45) is 5.73 Å². The number of H-pyrrole nitrogens is 1. The molecular weight excluding hydrogens is 242 g/mol. The Labute approximate surface area is 112 Å². The maximum atomic E-state index is 5.64. The van der Waals surface area contributed by atoms with Crippen LogP contribution in [-0.2, 0) is 0 Å². The summed E-state index contributed by atoms with van der Waals surface area (Å²) in [6, 6.07) is 5.69. The van der Waals surface area contributed by atoms with Gasteiger partial charge in [0.25, 0.3) is 0 Å². The third kappa shape index (κ3) is 2.71. The number of hydrogen-bond acceptors (Lipinski definition) is 4. The summed E-state index contributed by atoms with van der Waals surface area (Å²) in [5, 5.41) is 0. The minimum absolute atomic E-state index is 0.206. The molecule has 5 nitrogen and oxygen atoms in total. The minimum Gasteiger partial charge on any atom is -0.497 e. The summed E-state index contributed by atoms with van der Waals surface area (Å²) < 4.78 is 10.6. The minimum atomic E-state index is 0.206. The second-order valence-electron chi connectivity index (χ2n) is 4.39. The molecule has 0 bridgehead atoms. The molecule has 1 heterocycles. The average molecular weight is 261 g/mol. The Balaban J connectivity index is 2.38. The molecule has 0 aliphatic rings. The first-order valence-corrected chi connectivity index (χ1v) is 6.17. The molecule has 102 valence electrons. The summed E-state index contributed by atoms with van der Waals surface area (Å²) >= 11 is 0. The van der Waals surface area contributed by atoms with Crippen LogP contribution in [0, 0.1) is 0 Å². The molecule has 0 spiro atoms. The summed E-state index contributed by atoms with van der Waals surface area (Å²) in [5.41, 5.74) is 7.51. The molecule has 3 N–H and O–H groups in total. The number of aromatic nitrogens is 2. The first-order valence-electron chi connectivity index (χ1n) is 6.17. The SMILES string of the molecule is COc1ccc(-c2cnc(C(C)CN)[nH]2)c(OC)c1.